The van der Waals surface area contributed by atoms with E-state index in [4.69, 9.17) is 4.74 Å². The first-order chi connectivity index (χ1) is 4.90. The summed E-state index contributed by atoms with van der Waals surface area (Å²) in [6.45, 7) is 2.28. The second-order valence-corrected chi connectivity index (χ2v) is 3.68. The zero-order valence-corrected chi connectivity index (χ0v) is 6.68. The van der Waals surface area contributed by atoms with Gasteiger partial charge in [-0.25, -0.2) is 0 Å². The van der Waals surface area contributed by atoms with Crippen LogP contribution in [0.2, 0.25) is 0 Å². The summed E-state index contributed by atoms with van der Waals surface area (Å²) in [5, 5.41) is 0. The van der Waals surface area contributed by atoms with Crippen molar-refractivity contribution in [2.45, 2.75) is 51.2 Å². The van der Waals surface area contributed by atoms with Crippen LogP contribution in [0.5, 0.6) is 0 Å². The number of fused-ring (bicyclic) bond motifs is 1. The minimum absolute atomic E-state index is 0.685. The Morgan fingerprint density at radius 1 is 1.30 bits per heavy atom. The maximum Gasteiger partial charge on any atom is 0.0844 e. The lowest BCUT2D eigenvalue weighted by Crippen LogP contribution is -2.12. The molecule has 0 aromatic carbocycles. The summed E-state index contributed by atoms with van der Waals surface area (Å²) in [6.07, 6.45) is 8.27. The summed E-state index contributed by atoms with van der Waals surface area (Å²) >= 11 is 0. The van der Waals surface area contributed by atoms with Gasteiger partial charge in [0.05, 0.1) is 12.2 Å². The second kappa shape index (κ2) is 2.54. The average Bonchev–Trinajstić information content (AvgIpc) is 2.66. The van der Waals surface area contributed by atoms with Gasteiger partial charge in [-0.1, -0.05) is 19.8 Å². The maximum atomic E-state index is 5.45. The SMILES string of the molecule is CCCC1CC[C@@H]2OC2C1. The lowest BCUT2D eigenvalue weighted by molar-refractivity contribution is 0.350. The summed E-state index contributed by atoms with van der Waals surface area (Å²) in [5.41, 5.74) is 0. The molecule has 1 nitrogen and oxygen atoms in total. The number of rotatable bonds is 2. The first kappa shape index (κ1) is 6.66. The average molecular weight is 140 g/mol. The molecule has 10 heavy (non-hydrogen) atoms. The van der Waals surface area contributed by atoms with Crippen LogP contribution < -0.4 is 0 Å². The molecule has 1 aliphatic heterocycles. The number of hydrogen-bond donors (Lipinski definition) is 0. The Bertz CT molecular complexity index is 122. The van der Waals surface area contributed by atoms with Gasteiger partial charge in [-0.2, -0.15) is 0 Å². The molecule has 0 aromatic rings. The molecule has 1 aliphatic carbocycles. The van der Waals surface area contributed by atoms with Gasteiger partial charge < -0.3 is 4.74 Å². The standard InChI is InChI=1S/C9H16O/c1-2-3-7-4-5-8-9(6-7)10-8/h7-9H,2-6H2,1H3/t7?,8-,9?/m0/s1. The third kappa shape index (κ3) is 1.20. The van der Waals surface area contributed by atoms with Gasteiger partial charge in [-0.3, -0.25) is 0 Å². The van der Waals surface area contributed by atoms with E-state index in [1.165, 1.54) is 32.1 Å². The number of ether oxygens (including phenoxy) is 1. The Morgan fingerprint density at radius 3 is 2.90 bits per heavy atom. The topological polar surface area (TPSA) is 12.5 Å². The Morgan fingerprint density at radius 2 is 2.20 bits per heavy atom. The number of hydrogen-bond acceptors (Lipinski definition) is 1. The van der Waals surface area contributed by atoms with Crippen molar-refractivity contribution in [2.24, 2.45) is 5.92 Å². The Balaban J connectivity index is 1.77. The smallest absolute Gasteiger partial charge is 0.0844 e. The molecule has 1 heterocycles. The zero-order valence-electron chi connectivity index (χ0n) is 6.68. The molecular weight excluding hydrogens is 124 g/mol. The lowest BCUT2D eigenvalue weighted by Gasteiger charge is -2.17. The minimum atomic E-state index is 0.685. The van der Waals surface area contributed by atoms with Crippen molar-refractivity contribution in [1.29, 1.82) is 0 Å². The highest BCUT2D eigenvalue weighted by Crippen LogP contribution is 2.40. The molecule has 2 rings (SSSR count). The van der Waals surface area contributed by atoms with Gasteiger partial charge in [0.1, 0.15) is 0 Å². The fourth-order valence-corrected chi connectivity index (χ4v) is 2.16. The van der Waals surface area contributed by atoms with E-state index in [0.717, 1.165) is 5.92 Å². The third-order valence-corrected chi connectivity index (χ3v) is 2.81. The molecule has 3 atom stereocenters. The summed E-state index contributed by atoms with van der Waals surface area (Å²) in [6, 6.07) is 0. The van der Waals surface area contributed by atoms with Crippen LogP contribution in [0, 0.1) is 5.92 Å². The molecule has 1 saturated heterocycles. The first-order valence-corrected chi connectivity index (χ1v) is 4.55. The molecule has 0 amide bonds. The van der Waals surface area contributed by atoms with Crippen molar-refractivity contribution in [3.8, 4) is 0 Å². The van der Waals surface area contributed by atoms with Crippen molar-refractivity contribution in [2.75, 3.05) is 0 Å². The van der Waals surface area contributed by atoms with Crippen LogP contribution in [-0.4, -0.2) is 12.2 Å². The van der Waals surface area contributed by atoms with E-state index in [9.17, 15) is 0 Å². The normalized spacial score (nSPS) is 44.7. The summed E-state index contributed by atoms with van der Waals surface area (Å²) in [7, 11) is 0. The van der Waals surface area contributed by atoms with Crippen LogP contribution in [0.1, 0.15) is 39.0 Å². The largest absolute Gasteiger partial charge is 0.370 e. The van der Waals surface area contributed by atoms with Crippen molar-refractivity contribution >= 4 is 0 Å². The van der Waals surface area contributed by atoms with E-state index in [1.54, 1.807) is 0 Å². The van der Waals surface area contributed by atoms with Crippen LogP contribution in [0.4, 0.5) is 0 Å². The summed E-state index contributed by atoms with van der Waals surface area (Å²) in [4.78, 5) is 0. The van der Waals surface area contributed by atoms with E-state index in [1.807, 2.05) is 0 Å². The molecule has 0 bridgehead atoms. The molecule has 1 heteroatoms. The van der Waals surface area contributed by atoms with E-state index in [-0.39, 0.29) is 0 Å². The highest BCUT2D eigenvalue weighted by atomic mass is 16.6. The Labute approximate surface area is 62.8 Å². The predicted molar refractivity (Wildman–Crippen MR) is 40.9 cm³/mol. The van der Waals surface area contributed by atoms with Crippen molar-refractivity contribution < 1.29 is 4.74 Å². The molecule has 58 valence electrons. The minimum Gasteiger partial charge on any atom is -0.370 e. The van der Waals surface area contributed by atoms with Gasteiger partial charge in [0.2, 0.25) is 0 Å². The van der Waals surface area contributed by atoms with Crippen LogP contribution in [-0.2, 0) is 4.74 Å². The molecule has 0 radical (unpaired) electrons. The molecule has 0 aromatic heterocycles. The van der Waals surface area contributed by atoms with Crippen molar-refractivity contribution in [3.05, 3.63) is 0 Å². The van der Waals surface area contributed by atoms with Gasteiger partial charge in [0.25, 0.3) is 0 Å². The zero-order chi connectivity index (χ0) is 6.97. The highest BCUT2D eigenvalue weighted by molar-refractivity contribution is 4.91. The molecular formula is C9H16O. The second-order valence-electron chi connectivity index (χ2n) is 3.68. The Kier molecular flexibility index (Phi) is 1.69. The maximum absolute atomic E-state index is 5.45. The summed E-state index contributed by atoms with van der Waals surface area (Å²) in [5.74, 6) is 0.994. The van der Waals surface area contributed by atoms with Gasteiger partial charge in [0, 0.05) is 0 Å². The quantitative estimate of drug-likeness (QED) is 0.536. The molecule has 2 fully saturated rings. The van der Waals surface area contributed by atoms with E-state index in [0.29, 0.717) is 12.2 Å². The van der Waals surface area contributed by atoms with Crippen molar-refractivity contribution in [1.82, 2.24) is 0 Å². The van der Waals surface area contributed by atoms with E-state index >= 15 is 0 Å². The van der Waals surface area contributed by atoms with Crippen LogP contribution in [0.15, 0.2) is 0 Å². The van der Waals surface area contributed by atoms with Gasteiger partial charge in [-0.15, -0.1) is 0 Å². The molecule has 2 aliphatic rings. The lowest BCUT2D eigenvalue weighted by atomic mass is 9.86. The van der Waals surface area contributed by atoms with Gasteiger partial charge >= 0.3 is 0 Å². The van der Waals surface area contributed by atoms with E-state index < -0.39 is 0 Å². The van der Waals surface area contributed by atoms with Crippen molar-refractivity contribution in [3.63, 3.8) is 0 Å². The fourth-order valence-electron chi connectivity index (χ4n) is 2.16. The van der Waals surface area contributed by atoms with Crippen LogP contribution in [0.25, 0.3) is 0 Å². The Hall–Kier alpha value is -0.0400. The first-order valence-electron chi connectivity index (χ1n) is 4.55. The molecule has 0 spiro atoms. The van der Waals surface area contributed by atoms with Gasteiger partial charge in [0.15, 0.2) is 0 Å². The fraction of sp³-hybridized carbons (Fsp3) is 1.00. The number of epoxide rings is 1. The van der Waals surface area contributed by atoms with Crippen LogP contribution in [0.3, 0.4) is 0 Å². The van der Waals surface area contributed by atoms with E-state index in [2.05, 4.69) is 6.92 Å². The third-order valence-electron chi connectivity index (χ3n) is 2.81. The van der Waals surface area contributed by atoms with Crippen LogP contribution >= 0.6 is 0 Å². The monoisotopic (exact) mass is 140 g/mol. The molecule has 2 unspecified atom stereocenters. The summed E-state index contributed by atoms with van der Waals surface area (Å²) < 4.78 is 5.45. The molecule has 0 N–H and O–H groups in total. The van der Waals surface area contributed by atoms with Gasteiger partial charge in [-0.05, 0) is 25.2 Å². The highest BCUT2D eigenvalue weighted by Gasteiger charge is 2.43. The molecule has 1 saturated carbocycles. The predicted octanol–water partition coefficient (Wildman–Crippen LogP) is 2.35.